The van der Waals surface area contributed by atoms with Crippen LogP contribution in [-0.2, 0) is 17.8 Å². The molecule has 4 nitrogen and oxygen atoms in total. The number of fused-ring (bicyclic) bond motifs is 3. The maximum Gasteiger partial charge on any atom is 0.169 e. The molecular formula is C34H36N3O+. The minimum absolute atomic E-state index is 0.701. The second-order valence-electron chi connectivity index (χ2n) is 9.57. The molecule has 3 heterocycles. The highest BCUT2D eigenvalue weighted by Crippen LogP contribution is 2.31. The monoisotopic (exact) mass is 502 g/mol. The number of hydrogen-bond acceptors (Lipinski definition) is 2. The first-order chi connectivity index (χ1) is 18.7. The van der Waals surface area contributed by atoms with Gasteiger partial charge in [-0.2, -0.15) is 0 Å². The van der Waals surface area contributed by atoms with Crippen molar-refractivity contribution in [3.8, 4) is 0 Å². The summed E-state index contributed by atoms with van der Waals surface area (Å²) in [4.78, 5) is 4.11. The molecule has 5 rings (SSSR count). The lowest BCUT2D eigenvalue weighted by molar-refractivity contribution is -0.697. The number of unbranched alkanes of at least 4 members (excludes halogenated alkanes) is 1. The molecule has 5 aromatic rings. The fraction of sp³-hybridized carbons (Fsp3) is 0.235. The molecule has 0 spiro atoms. The second kappa shape index (κ2) is 12.5. The van der Waals surface area contributed by atoms with Gasteiger partial charge in [0.2, 0.25) is 0 Å². The molecule has 38 heavy (non-hydrogen) atoms. The molecular weight excluding hydrogens is 466 g/mol. The zero-order valence-electron chi connectivity index (χ0n) is 22.4. The molecule has 0 atom stereocenters. The third-order valence-electron chi connectivity index (χ3n) is 6.91. The summed E-state index contributed by atoms with van der Waals surface area (Å²) >= 11 is 0. The number of pyridine rings is 2. The van der Waals surface area contributed by atoms with Crippen LogP contribution < -0.4 is 4.57 Å². The molecule has 0 amide bonds. The molecule has 0 unspecified atom stereocenters. The number of rotatable bonds is 11. The molecule has 0 aliphatic heterocycles. The molecule has 0 saturated heterocycles. The lowest BCUT2D eigenvalue weighted by Gasteiger charge is -2.08. The Morgan fingerprint density at radius 2 is 1.32 bits per heavy atom. The van der Waals surface area contributed by atoms with Gasteiger partial charge in [-0.15, -0.1) is 0 Å². The lowest BCUT2D eigenvalue weighted by atomic mass is 10.1. The number of ether oxygens (including phenoxy) is 1. The summed E-state index contributed by atoms with van der Waals surface area (Å²) in [5.41, 5.74) is 7.20. The highest BCUT2D eigenvalue weighted by molar-refractivity contribution is 6.09. The van der Waals surface area contributed by atoms with E-state index in [1.165, 1.54) is 51.3 Å². The minimum atomic E-state index is 0.701. The SMILES string of the molecule is CCCC[n+]1ccc(/C=C/c2ccc3c(c2)c2cc(/C=C/c4ccncc4)ccc2n3CCOCC)cc1. The normalized spacial score (nSPS) is 11.9. The molecule has 0 bridgehead atoms. The van der Waals surface area contributed by atoms with E-state index >= 15 is 0 Å². The molecule has 0 radical (unpaired) electrons. The van der Waals surface area contributed by atoms with Gasteiger partial charge in [0.15, 0.2) is 12.4 Å². The van der Waals surface area contributed by atoms with Crippen molar-refractivity contribution in [3.63, 3.8) is 0 Å². The van der Waals surface area contributed by atoms with Crippen molar-refractivity contribution in [1.29, 1.82) is 0 Å². The van der Waals surface area contributed by atoms with Crippen molar-refractivity contribution in [2.45, 2.75) is 39.8 Å². The zero-order chi connectivity index (χ0) is 26.2. The Hall–Kier alpha value is -4.02. The second-order valence-corrected chi connectivity index (χ2v) is 9.57. The van der Waals surface area contributed by atoms with E-state index in [9.17, 15) is 0 Å². The first kappa shape index (κ1) is 25.6. The molecule has 3 aromatic heterocycles. The van der Waals surface area contributed by atoms with E-state index in [1.54, 1.807) is 0 Å². The van der Waals surface area contributed by atoms with Crippen LogP contribution in [0.15, 0.2) is 85.5 Å². The summed E-state index contributed by atoms with van der Waals surface area (Å²) < 4.78 is 10.3. The van der Waals surface area contributed by atoms with Crippen LogP contribution in [0.25, 0.3) is 46.1 Å². The summed E-state index contributed by atoms with van der Waals surface area (Å²) in [6.07, 6.45) is 19.1. The Kier molecular flexibility index (Phi) is 8.42. The van der Waals surface area contributed by atoms with E-state index in [0.717, 1.165) is 25.3 Å². The topological polar surface area (TPSA) is 30.9 Å². The van der Waals surface area contributed by atoms with Crippen molar-refractivity contribution >= 4 is 46.1 Å². The Morgan fingerprint density at radius 3 is 1.89 bits per heavy atom. The summed E-state index contributed by atoms with van der Waals surface area (Å²) in [5.74, 6) is 0. The molecule has 192 valence electrons. The molecule has 4 heteroatoms. The summed E-state index contributed by atoms with van der Waals surface area (Å²) in [6, 6.07) is 21.9. The van der Waals surface area contributed by atoms with E-state index in [0.29, 0.717) is 6.61 Å². The van der Waals surface area contributed by atoms with E-state index in [2.05, 4.69) is 106 Å². The molecule has 0 aliphatic carbocycles. The third-order valence-corrected chi connectivity index (χ3v) is 6.91. The van der Waals surface area contributed by atoms with Crippen molar-refractivity contribution in [1.82, 2.24) is 9.55 Å². The summed E-state index contributed by atoms with van der Waals surface area (Å²) in [5, 5.41) is 2.53. The van der Waals surface area contributed by atoms with Crippen molar-refractivity contribution in [2.75, 3.05) is 13.2 Å². The Balaban J connectivity index is 1.48. The van der Waals surface area contributed by atoms with Crippen LogP contribution in [0.4, 0.5) is 0 Å². The van der Waals surface area contributed by atoms with E-state index in [4.69, 9.17) is 4.74 Å². The minimum Gasteiger partial charge on any atom is -0.380 e. The van der Waals surface area contributed by atoms with E-state index < -0.39 is 0 Å². The molecule has 2 aromatic carbocycles. The number of aryl methyl sites for hydroxylation is 1. The van der Waals surface area contributed by atoms with Gasteiger partial charge in [0, 0.05) is 65.9 Å². The van der Waals surface area contributed by atoms with Gasteiger partial charge in [-0.05, 0) is 65.6 Å². The van der Waals surface area contributed by atoms with Crippen LogP contribution >= 0.6 is 0 Å². The van der Waals surface area contributed by atoms with Gasteiger partial charge in [-0.25, -0.2) is 4.57 Å². The fourth-order valence-corrected chi connectivity index (χ4v) is 4.82. The summed E-state index contributed by atoms with van der Waals surface area (Å²) in [6.45, 7) is 7.61. The van der Waals surface area contributed by atoms with Crippen molar-refractivity contribution < 1.29 is 9.30 Å². The quantitative estimate of drug-likeness (QED) is 0.137. The van der Waals surface area contributed by atoms with Gasteiger partial charge in [-0.1, -0.05) is 49.8 Å². The van der Waals surface area contributed by atoms with Crippen molar-refractivity contribution in [3.05, 3.63) is 108 Å². The largest absolute Gasteiger partial charge is 0.380 e. The third kappa shape index (κ3) is 6.09. The highest BCUT2D eigenvalue weighted by Gasteiger charge is 2.11. The van der Waals surface area contributed by atoms with Gasteiger partial charge in [0.05, 0.1) is 6.61 Å². The Labute approximate surface area is 225 Å². The predicted molar refractivity (Wildman–Crippen MR) is 160 cm³/mol. The van der Waals surface area contributed by atoms with Crippen LogP contribution in [0.1, 0.15) is 48.9 Å². The van der Waals surface area contributed by atoms with Gasteiger partial charge in [0.1, 0.15) is 6.54 Å². The number of aromatic nitrogens is 3. The Morgan fingerprint density at radius 1 is 0.737 bits per heavy atom. The highest BCUT2D eigenvalue weighted by atomic mass is 16.5. The van der Waals surface area contributed by atoms with Crippen molar-refractivity contribution in [2.24, 2.45) is 0 Å². The number of benzene rings is 2. The fourth-order valence-electron chi connectivity index (χ4n) is 4.82. The molecule has 0 fully saturated rings. The van der Waals surface area contributed by atoms with Gasteiger partial charge < -0.3 is 9.30 Å². The van der Waals surface area contributed by atoms with E-state index in [-0.39, 0.29) is 0 Å². The predicted octanol–water partition coefficient (Wildman–Crippen LogP) is 7.65. The number of nitrogens with zero attached hydrogens (tertiary/aromatic N) is 3. The van der Waals surface area contributed by atoms with Gasteiger partial charge in [0.25, 0.3) is 0 Å². The van der Waals surface area contributed by atoms with Crippen LogP contribution in [0, 0.1) is 0 Å². The lowest BCUT2D eigenvalue weighted by Crippen LogP contribution is -2.32. The maximum absolute atomic E-state index is 5.71. The van der Waals surface area contributed by atoms with E-state index in [1.807, 2.05) is 31.5 Å². The molecule has 0 aliphatic rings. The molecule has 0 saturated carbocycles. The van der Waals surface area contributed by atoms with Crippen LogP contribution in [-0.4, -0.2) is 22.8 Å². The average Bonchev–Trinajstić information content (AvgIpc) is 3.27. The first-order valence-electron chi connectivity index (χ1n) is 13.6. The smallest absolute Gasteiger partial charge is 0.169 e. The van der Waals surface area contributed by atoms with Crippen LogP contribution in [0.3, 0.4) is 0 Å². The summed E-state index contributed by atoms with van der Waals surface area (Å²) in [7, 11) is 0. The first-order valence-corrected chi connectivity index (χ1v) is 13.6. The maximum atomic E-state index is 5.71. The number of hydrogen-bond donors (Lipinski definition) is 0. The standard InChI is InChI=1S/C34H36N3O/c1-3-5-20-36-21-16-28(17-22-36)7-9-30-11-13-34-32(26-30)31-25-29(8-6-27-14-18-35-19-15-27)10-12-33(31)37(34)23-24-38-4-2/h6-19,21-22,25-26H,3-5,20,23-24H2,1-2H3/q+1/b8-6+. The molecule has 0 N–H and O–H groups in total. The van der Waals surface area contributed by atoms with Gasteiger partial charge >= 0.3 is 0 Å². The van der Waals surface area contributed by atoms with Gasteiger partial charge in [-0.3, -0.25) is 4.98 Å². The average molecular weight is 503 g/mol. The zero-order valence-corrected chi connectivity index (χ0v) is 22.4. The van der Waals surface area contributed by atoms with Crippen LogP contribution in [0.2, 0.25) is 0 Å². The Bertz CT molecular complexity index is 1550. The van der Waals surface area contributed by atoms with Crippen LogP contribution in [0.5, 0.6) is 0 Å².